The SMILES string of the molecule is Cn1ccc(C(=O)NCCCl)n1. The molecule has 0 aliphatic rings. The molecular formula is C7H10ClN3O. The second kappa shape index (κ2) is 4.11. The minimum absolute atomic E-state index is 0.184. The zero-order chi connectivity index (χ0) is 8.97. The van der Waals surface area contributed by atoms with Crippen LogP contribution in [0.15, 0.2) is 12.3 Å². The first kappa shape index (κ1) is 9.06. The van der Waals surface area contributed by atoms with E-state index in [2.05, 4.69) is 10.4 Å². The molecule has 0 aliphatic heterocycles. The summed E-state index contributed by atoms with van der Waals surface area (Å²) in [6, 6.07) is 1.66. The van der Waals surface area contributed by atoms with Gasteiger partial charge in [-0.05, 0) is 6.07 Å². The van der Waals surface area contributed by atoms with E-state index < -0.39 is 0 Å². The highest BCUT2D eigenvalue weighted by Crippen LogP contribution is 1.92. The molecule has 0 saturated heterocycles. The Balaban J connectivity index is 2.53. The van der Waals surface area contributed by atoms with Crippen LogP contribution in [0.5, 0.6) is 0 Å². The van der Waals surface area contributed by atoms with E-state index >= 15 is 0 Å². The summed E-state index contributed by atoms with van der Waals surface area (Å²) in [5, 5.41) is 6.54. The molecule has 4 nitrogen and oxygen atoms in total. The van der Waals surface area contributed by atoms with E-state index in [1.807, 2.05) is 0 Å². The van der Waals surface area contributed by atoms with E-state index in [-0.39, 0.29) is 5.91 Å². The van der Waals surface area contributed by atoms with Gasteiger partial charge in [-0.3, -0.25) is 9.48 Å². The van der Waals surface area contributed by atoms with Gasteiger partial charge >= 0.3 is 0 Å². The number of alkyl halides is 1. The Bertz CT molecular complexity index is 271. The maximum Gasteiger partial charge on any atom is 0.271 e. The molecule has 0 bridgehead atoms. The molecule has 0 unspecified atom stereocenters. The van der Waals surface area contributed by atoms with Crippen LogP contribution in [0.1, 0.15) is 10.5 Å². The lowest BCUT2D eigenvalue weighted by atomic mass is 10.4. The third-order valence-electron chi connectivity index (χ3n) is 1.33. The number of rotatable bonds is 3. The molecule has 0 aliphatic carbocycles. The van der Waals surface area contributed by atoms with Gasteiger partial charge in [-0.1, -0.05) is 0 Å². The van der Waals surface area contributed by atoms with Gasteiger partial charge in [0, 0.05) is 25.7 Å². The lowest BCUT2D eigenvalue weighted by Crippen LogP contribution is -2.25. The number of carbonyl (C=O) groups excluding carboxylic acids is 1. The number of hydrogen-bond acceptors (Lipinski definition) is 2. The molecule has 0 aromatic carbocycles. The lowest BCUT2D eigenvalue weighted by molar-refractivity contribution is 0.0950. The van der Waals surface area contributed by atoms with Crippen molar-refractivity contribution in [1.29, 1.82) is 0 Å². The first-order valence-corrected chi connectivity index (χ1v) is 4.11. The van der Waals surface area contributed by atoms with Crippen LogP contribution in [-0.2, 0) is 7.05 Å². The Labute approximate surface area is 75.5 Å². The number of nitrogens with one attached hydrogen (secondary N) is 1. The lowest BCUT2D eigenvalue weighted by Gasteiger charge is -1.97. The number of aromatic nitrogens is 2. The smallest absolute Gasteiger partial charge is 0.271 e. The van der Waals surface area contributed by atoms with Crippen LogP contribution < -0.4 is 5.32 Å². The Morgan fingerprint density at radius 2 is 2.58 bits per heavy atom. The second-order valence-electron chi connectivity index (χ2n) is 2.32. The third-order valence-corrected chi connectivity index (χ3v) is 1.52. The third kappa shape index (κ3) is 2.23. The number of carbonyl (C=O) groups is 1. The highest BCUT2D eigenvalue weighted by atomic mass is 35.5. The number of amides is 1. The summed E-state index contributed by atoms with van der Waals surface area (Å²) in [6.45, 7) is 0.469. The fourth-order valence-corrected chi connectivity index (χ4v) is 0.882. The second-order valence-corrected chi connectivity index (χ2v) is 2.70. The molecule has 0 atom stereocenters. The van der Waals surface area contributed by atoms with Crippen LogP contribution in [0.25, 0.3) is 0 Å². The molecule has 0 saturated carbocycles. The van der Waals surface area contributed by atoms with Crippen molar-refractivity contribution in [1.82, 2.24) is 15.1 Å². The summed E-state index contributed by atoms with van der Waals surface area (Å²) in [5.41, 5.74) is 0.419. The summed E-state index contributed by atoms with van der Waals surface area (Å²) < 4.78 is 1.58. The Hall–Kier alpha value is -1.03. The molecule has 1 amide bonds. The van der Waals surface area contributed by atoms with E-state index in [0.717, 1.165) is 0 Å². The maximum atomic E-state index is 11.2. The van der Waals surface area contributed by atoms with Gasteiger partial charge in [-0.2, -0.15) is 5.10 Å². The van der Waals surface area contributed by atoms with Crippen LogP contribution in [-0.4, -0.2) is 28.1 Å². The van der Waals surface area contributed by atoms with Crippen molar-refractivity contribution in [2.24, 2.45) is 7.05 Å². The van der Waals surface area contributed by atoms with Crippen molar-refractivity contribution >= 4 is 17.5 Å². The van der Waals surface area contributed by atoms with Gasteiger partial charge in [0.25, 0.3) is 5.91 Å². The molecule has 12 heavy (non-hydrogen) atoms. The van der Waals surface area contributed by atoms with Gasteiger partial charge in [-0.15, -0.1) is 11.6 Å². The van der Waals surface area contributed by atoms with Crippen LogP contribution in [0.4, 0.5) is 0 Å². The molecule has 1 heterocycles. The quantitative estimate of drug-likeness (QED) is 0.696. The summed E-state index contributed by atoms with van der Waals surface area (Å²) in [7, 11) is 1.76. The van der Waals surface area contributed by atoms with Crippen LogP contribution in [0.3, 0.4) is 0 Å². The van der Waals surface area contributed by atoms with Crippen molar-refractivity contribution in [2.75, 3.05) is 12.4 Å². The van der Waals surface area contributed by atoms with E-state index in [9.17, 15) is 4.79 Å². The molecular weight excluding hydrogens is 178 g/mol. The van der Waals surface area contributed by atoms with E-state index in [1.54, 1.807) is 24.0 Å². The van der Waals surface area contributed by atoms with Crippen LogP contribution >= 0.6 is 11.6 Å². The monoisotopic (exact) mass is 187 g/mol. The molecule has 1 aromatic rings. The van der Waals surface area contributed by atoms with E-state index in [1.165, 1.54) is 0 Å². The van der Waals surface area contributed by atoms with Crippen LogP contribution in [0.2, 0.25) is 0 Å². The molecule has 1 aromatic heterocycles. The fourth-order valence-electron chi connectivity index (χ4n) is 0.788. The zero-order valence-electron chi connectivity index (χ0n) is 6.75. The van der Waals surface area contributed by atoms with Crippen molar-refractivity contribution in [2.45, 2.75) is 0 Å². The molecule has 0 fully saturated rings. The Morgan fingerprint density at radius 1 is 1.83 bits per heavy atom. The minimum atomic E-state index is -0.184. The highest BCUT2D eigenvalue weighted by molar-refractivity contribution is 6.18. The van der Waals surface area contributed by atoms with Crippen molar-refractivity contribution in [3.8, 4) is 0 Å². The molecule has 0 radical (unpaired) electrons. The van der Waals surface area contributed by atoms with Crippen molar-refractivity contribution in [3.05, 3.63) is 18.0 Å². The van der Waals surface area contributed by atoms with Crippen molar-refractivity contribution in [3.63, 3.8) is 0 Å². The maximum absolute atomic E-state index is 11.2. The highest BCUT2D eigenvalue weighted by Gasteiger charge is 2.06. The standard InChI is InChI=1S/C7H10ClN3O/c1-11-5-2-6(10-11)7(12)9-4-3-8/h2,5H,3-4H2,1H3,(H,9,12). The van der Waals surface area contributed by atoms with Crippen molar-refractivity contribution < 1.29 is 4.79 Å². The molecule has 66 valence electrons. The van der Waals surface area contributed by atoms with Gasteiger partial charge in [-0.25, -0.2) is 0 Å². The zero-order valence-corrected chi connectivity index (χ0v) is 7.51. The molecule has 5 heteroatoms. The first-order valence-electron chi connectivity index (χ1n) is 3.58. The summed E-state index contributed by atoms with van der Waals surface area (Å²) >= 11 is 5.40. The van der Waals surface area contributed by atoms with Gasteiger partial charge < -0.3 is 5.32 Å². The largest absolute Gasteiger partial charge is 0.349 e. The number of nitrogens with zero attached hydrogens (tertiary/aromatic N) is 2. The first-order chi connectivity index (χ1) is 5.74. The van der Waals surface area contributed by atoms with Gasteiger partial charge in [0.15, 0.2) is 0 Å². The average Bonchev–Trinajstić information content (AvgIpc) is 2.47. The van der Waals surface area contributed by atoms with Gasteiger partial charge in [0.2, 0.25) is 0 Å². The summed E-state index contributed by atoms with van der Waals surface area (Å²) in [6.07, 6.45) is 1.72. The summed E-state index contributed by atoms with van der Waals surface area (Å²) in [4.78, 5) is 11.2. The topological polar surface area (TPSA) is 46.9 Å². The average molecular weight is 188 g/mol. The summed E-state index contributed by atoms with van der Waals surface area (Å²) in [5.74, 6) is 0.231. The molecule has 1 N–H and O–H groups in total. The van der Waals surface area contributed by atoms with Gasteiger partial charge in [0.1, 0.15) is 5.69 Å². The predicted molar refractivity (Wildman–Crippen MR) is 46.3 cm³/mol. The Morgan fingerprint density at radius 3 is 3.08 bits per heavy atom. The van der Waals surface area contributed by atoms with Crippen LogP contribution in [0, 0.1) is 0 Å². The number of aryl methyl sites for hydroxylation is 1. The van der Waals surface area contributed by atoms with Gasteiger partial charge in [0.05, 0.1) is 0 Å². The number of halogens is 1. The number of hydrogen-bond donors (Lipinski definition) is 1. The molecule has 0 spiro atoms. The van der Waals surface area contributed by atoms with E-state index in [4.69, 9.17) is 11.6 Å². The molecule has 1 rings (SSSR count). The Kier molecular flexibility index (Phi) is 3.10. The minimum Gasteiger partial charge on any atom is -0.349 e. The normalized spacial score (nSPS) is 9.83. The predicted octanol–water partition coefficient (Wildman–Crippen LogP) is 0.389. The fraction of sp³-hybridized carbons (Fsp3) is 0.429. The van der Waals surface area contributed by atoms with E-state index in [0.29, 0.717) is 18.1 Å².